The van der Waals surface area contributed by atoms with Crippen LogP contribution in [0.5, 0.6) is 5.75 Å². The topological polar surface area (TPSA) is 103 Å². The molecule has 0 radical (unpaired) electrons. The summed E-state index contributed by atoms with van der Waals surface area (Å²) in [5.41, 5.74) is 7.07. The maximum atomic E-state index is 9.80. The van der Waals surface area contributed by atoms with Crippen LogP contribution in [0.25, 0.3) is 23.0 Å². The number of aryl methyl sites for hydroxylation is 1. The lowest BCUT2D eigenvalue weighted by atomic mass is 10.2. The van der Waals surface area contributed by atoms with Crippen molar-refractivity contribution < 1.29 is 9.63 Å². The molecule has 3 rings (SSSR count). The van der Waals surface area contributed by atoms with Crippen LogP contribution >= 0.6 is 0 Å². The lowest BCUT2D eigenvalue weighted by molar-refractivity contribution is 0.425. The molecule has 7 heteroatoms. The Morgan fingerprint density at radius 2 is 2.16 bits per heavy atom. The van der Waals surface area contributed by atoms with Gasteiger partial charge in [-0.25, -0.2) is 0 Å². The van der Waals surface area contributed by atoms with Crippen molar-refractivity contribution in [3.05, 3.63) is 30.5 Å². The van der Waals surface area contributed by atoms with Gasteiger partial charge in [-0.1, -0.05) is 5.16 Å². The highest BCUT2D eigenvalue weighted by Gasteiger charge is 2.15. The Bertz CT molecular complexity index is 731. The molecule has 0 fully saturated rings. The molecule has 3 aromatic rings. The number of hydrogen-bond donors (Lipinski definition) is 2. The van der Waals surface area contributed by atoms with E-state index in [-0.39, 0.29) is 11.6 Å². The predicted octanol–water partition coefficient (Wildman–Crippen LogP) is 1.42. The molecule has 2 heterocycles. The molecular weight excluding hydrogens is 246 g/mol. The largest absolute Gasteiger partial charge is 0.507 e. The molecule has 0 amide bonds. The van der Waals surface area contributed by atoms with E-state index < -0.39 is 0 Å². The Labute approximate surface area is 108 Å². The van der Waals surface area contributed by atoms with Gasteiger partial charge in [0.2, 0.25) is 5.82 Å². The van der Waals surface area contributed by atoms with Gasteiger partial charge in [-0.3, -0.25) is 4.68 Å². The summed E-state index contributed by atoms with van der Waals surface area (Å²) >= 11 is 0. The number of benzene rings is 1. The highest BCUT2D eigenvalue weighted by atomic mass is 16.5. The van der Waals surface area contributed by atoms with Gasteiger partial charge in [0.25, 0.3) is 5.89 Å². The summed E-state index contributed by atoms with van der Waals surface area (Å²) in [6.45, 7) is 0. The molecule has 96 valence electrons. The van der Waals surface area contributed by atoms with Crippen LogP contribution in [0, 0.1) is 0 Å². The number of aromatic hydroxyl groups is 1. The highest BCUT2D eigenvalue weighted by molar-refractivity contribution is 5.67. The van der Waals surface area contributed by atoms with Gasteiger partial charge in [0.1, 0.15) is 11.4 Å². The first-order chi connectivity index (χ1) is 9.13. The fourth-order valence-corrected chi connectivity index (χ4v) is 1.70. The number of anilines is 1. The van der Waals surface area contributed by atoms with E-state index in [1.165, 1.54) is 6.07 Å². The van der Waals surface area contributed by atoms with Crippen LogP contribution in [-0.4, -0.2) is 25.0 Å². The summed E-state index contributed by atoms with van der Waals surface area (Å²) in [5, 5.41) is 17.8. The average Bonchev–Trinajstić information content (AvgIpc) is 2.97. The standard InChI is InChI=1S/C12H11N5O2/c1-17-5-4-9(15-17)11-14-12(19-16-11)8-3-2-7(13)6-10(8)18/h2-6,18H,13H2,1H3. The molecule has 1 aromatic carbocycles. The van der Waals surface area contributed by atoms with Crippen molar-refractivity contribution in [2.24, 2.45) is 7.05 Å². The third-order valence-corrected chi connectivity index (χ3v) is 2.62. The SMILES string of the molecule is Cn1ccc(-c2noc(-c3ccc(N)cc3O)n2)n1. The van der Waals surface area contributed by atoms with Crippen molar-refractivity contribution in [1.29, 1.82) is 0 Å². The monoisotopic (exact) mass is 257 g/mol. The molecule has 7 nitrogen and oxygen atoms in total. The van der Waals surface area contributed by atoms with Gasteiger partial charge in [0.05, 0.1) is 5.56 Å². The summed E-state index contributed by atoms with van der Waals surface area (Å²) < 4.78 is 6.77. The number of rotatable bonds is 2. The molecule has 0 spiro atoms. The Balaban J connectivity index is 2.01. The second-order valence-corrected chi connectivity index (χ2v) is 4.07. The molecule has 0 unspecified atom stereocenters. The van der Waals surface area contributed by atoms with E-state index in [4.69, 9.17) is 10.3 Å². The van der Waals surface area contributed by atoms with E-state index in [0.29, 0.717) is 22.8 Å². The lowest BCUT2D eigenvalue weighted by Gasteiger charge is -1.99. The summed E-state index contributed by atoms with van der Waals surface area (Å²) in [7, 11) is 1.80. The molecule has 0 saturated carbocycles. The summed E-state index contributed by atoms with van der Waals surface area (Å²) in [6.07, 6.45) is 1.78. The predicted molar refractivity (Wildman–Crippen MR) is 68.0 cm³/mol. The van der Waals surface area contributed by atoms with E-state index in [9.17, 15) is 5.11 Å². The number of phenols is 1. The number of phenolic OH excluding ortho intramolecular Hbond substituents is 1. The molecule has 19 heavy (non-hydrogen) atoms. The van der Waals surface area contributed by atoms with Crippen LogP contribution in [-0.2, 0) is 7.05 Å². The maximum Gasteiger partial charge on any atom is 0.262 e. The van der Waals surface area contributed by atoms with Crippen molar-refractivity contribution in [2.45, 2.75) is 0 Å². The number of aromatic nitrogens is 4. The van der Waals surface area contributed by atoms with E-state index in [0.717, 1.165) is 0 Å². The normalized spacial score (nSPS) is 10.8. The zero-order chi connectivity index (χ0) is 13.4. The molecule has 0 atom stereocenters. The van der Waals surface area contributed by atoms with Crippen molar-refractivity contribution >= 4 is 5.69 Å². The minimum Gasteiger partial charge on any atom is -0.507 e. The zero-order valence-corrected chi connectivity index (χ0v) is 10.1. The number of hydrogen-bond acceptors (Lipinski definition) is 6. The van der Waals surface area contributed by atoms with Gasteiger partial charge in [0, 0.05) is 25.0 Å². The van der Waals surface area contributed by atoms with E-state index in [1.807, 2.05) is 0 Å². The van der Waals surface area contributed by atoms with Crippen molar-refractivity contribution in [1.82, 2.24) is 19.9 Å². The number of nitrogens with zero attached hydrogens (tertiary/aromatic N) is 4. The first-order valence-corrected chi connectivity index (χ1v) is 5.56. The van der Waals surface area contributed by atoms with E-state index in [1.54, 1.807) is 36.1 Å². The average molecular weight is 257 g/mol. The van der Waals surface area contributed by atoms with Crippen LogP contribution in [0.15, 0.2) is 35.0 Å². The molecular formula is C12H11N5O2. The minimum atomic E-state index is -0.00350. The van der Waals surface area contributed by atoms with E-state index in [2.05, 4.69) is 15.2 Å². The van der Waals surface area contributed by atoms with Crippen molar-refractivity contribution in [3.8, 4) is 28.7 Å². The summed E-state index contributed by atoms with van der Waals surface area (Å²) in [6, 6.07) is 6.48. The molecule has 0 bridgehead atoms. The first kappa shape index (κ1) is 11.3. The van der Waals surface area contributed by atoms with Crippen LogP contribution in [0.1, 0.15) is 0 Å². The van der Waals surface area contributed by atoms with Gasteiger partial charge in [-0.2, -0.15) is 10.1 Å². The fourth-order valence-electron chi connectivity index (χ4n) is 1.70. The molecule has 0 saturated heterocycles. The Morgan fingerprint density at radius 3 is 2.84 bits per heavy atom. The minimum absolute atomic E-state index is 0.00350. The van der Waals surface area contributed by atoms with Gasteiger partial charge in [-0.15, -0.1) is 0 Å². The van der Waals surface area contributed by atoms with Crippen LogP contribution < -0.4 is 5.73 Å². The molecule has 0 aliphatic carbocycles. The third-order valence-electron chi connectivity index (χ3n) is 2.62. The van der Waals surface area contributed by atoms with Crippen molar-refractivity contribution in [3.63, 3.8) is 0 Å². The summed E-state index contributed by atoms with van der Waals surface area (Å²) in [4.78, 5) is 4.20. The second kappa shape index (κ2) is 4.13. The van der Waals surface area contributed by atoms with Crippen molar-refractivity contribution in [2.75, 3.05) is 5.73 Å². The number of nitrogens with two attached hydrogens (primary N) is 1. The van der Waals surface area contributed by atoms with Gasteiger partial charge in [-0.05, 0) is 18.2 Å². The molecule has 0 aliphatic heterocycles. The molecule has 0 aliphatic rings. The van der Waals surface area contributed by atoms with Gasteiger partial charge in [0.15, 0.2) is 0 Å². The quantitative estimate of drug-likeness (QED) is 0.673. The Kier molecular flexibility index (Phi) is 2.45. The van der Waals surface area contributed by atoms with Crippen LogP contribution in [0.3, 0.4) is 0 Å². The smallest absolute Gasteiger partial charge is 0.262 e. The number of nitrogen functional groups attached to an aromatic ring is 1. The van der Waals surface area contributed by atoms with Gasteiger partial charge < -0.3 is 15.4 Å². The highest BCUT2D eigenvalue weighted by Crippen LogP contribution is 2.30. The fraction of sp³-hybridized carbons (Fsp3) is 0.0833. The van der Waals surface area contributed by atoms with E-state index >= 15 is 0 Å². The van der Waals surface area contributed by atoms with Crippen LogP contribution in [0.2, 0.25) is 0 Å². The Hall–Kier alpha value is -2.83. The molecule has 3 N–H and O–H groups in total. The van der Waals surface area contributed by atoms with Crippen LogP contribution in [0.4, 0.5) is 5.69 Å². The Morgan fingerprint density at radius 1 is 1.32 bits per heavy atom. The summed E-state index contributed by atoms with van der Waals surface area (Å²) in [5.74, 6) is 0.584. The zero-order valence-electron chi connectivity index (χ0n) is 10.1. The molecule has 2 aromatic heterocycles. The van der Waals surface area contributed by atoms with Gasteiger partial charge >= 0.3 is 0 Å². The second-order valence-electron chi connectivity index (χ2n) is 4.07. The first-order valence-electron chi connectivity index (χ1n) is 5.56. The lowest BCUT2D eigenvalue weighted by Crippen LogP contribution is -1.89. The third kappa shape index (κ3) is 2.01. The maximum absolute atomic E-state index is 9.80.